The first-order valence-corrected chi connectivity index (χ1v) is 8.29. The molecule has 0 unspecified atom stereocenters. The van der Waals surface area contributed by atoms with Crippen LogP contribution in [0.5, 0.6) is 0 Å². The number of allylic oxidation sites excluding steroid dienone is 2. The van der Waals surface area contributed by atoms with Crippen molar-refractivity contribution in [2.45, 2.75) is 33.6 Å². The number of ether oxygens (including phenoxy) is 1. The molecule has 0 aliphatic heterocycles. The van der Waals surface area contributed by atoms with Crippen molar-refractivity contribution in [1.29, 1.82) is 0 Å². The Labute approximate surface area is 146 Å². The molecule has 0 saturated heterocycles. The van der Waals surface area contributed by atoms with Crippen molar-refractivity contribution >= 4 is 23.5 Å². The number of aliphatic carboxylic acids is 1. The molecule has 0 spiro atoms. The summed E-state index contributed by atoms with van der Waals surface area (Å²) in [4.78, 5) is 35.7. The summed E-state index contributed by atoms with van der Waals surface area (Å²) in [7, 11) is 0. The number of hydrogen-bond acceptors (Lipinski definition) is 4. The summed E-state index contributed by atoms with van der Waals surface area (Å²) in [6.45, 7) is 5.87. The summed E-state index contributed by atoms with van der Waals surface area (Å²) in [5.41, 5.74) is 3.02. The van der Waals surface area contributed by atoms with E-state index in [1.807, 2.05) is 13.8 Å². The van der Waals surface area contributed by atoms with E-state index in [4.69, 9.17) is 4.74 Å². The number of hydrogen-bond donors (Lipinski definition) is 2. The van der Waals surface area contributed by atoms with Gasteiger partial charge in [-0.05, 0) is 57.9 Å². The molecule has 0 radical (unpaired) electrons. The lowest BCUT2D eigenvalue weighted by Gasteiger charge is -2.29. The zero-order valence-electron chi connectivity index (χ0n) is 14.7. The van der Waals surface area contributed by atoms with Gasteiger partial charge in [0, 0.05) is 5.69 Å². The Bertz CT molecular complexity index is 705. The van der Waals surface area contributed by atoms with E-state index in [0.717, 1.165) is 11.1 Å². The van der Waals surface area contributed by atoms with Gasteiger partial charge in [-0.3, -0.25) is 9.59 Å². The van der Waals surface area contributed by atoms with Gasteiger partial charge in [-0.1, -0.05) is 11.1 Å². The molecule has 0 saturated carbocycles. The van der Waals surface area contributed by atoms with E-state index in [-0.39, 0.29) is 5.91 Å². The number of carboxylic acid groups (broad SMARTS) is 1. The first kappa shape index (κ1) is 18.7. The van der Waals surface area contributed by atoms with Gasteiger partial charge in [-0.2, -0.15) is 0 Å². The van der Waals surface area contributed by atoms with Gasteiger partial charge in [-0.15, -0.1) is 0 Å². The van der Waals surface area contributed by atoms with Crippen LogP contribution in [0.2, 0.25) is 0 Å². The molecule has 2 atom stereocenters. The number of carboxylic acids is 1. The first-order chi connectivity index (χ1) is 11.8. The fourth-order valence-electron chi connectivity index (χ4n) is 2.97. The molecule has 0 fully saturated rings. The molecule has 6 heteroatoms. The monoisotopic (exact) mass is 345 g/mol. The fraction of sp³-hybridized carbons (Fsp3) is 0.421. The third-order valence-electron chi connectivity index (χ3n) is 4.58. The molecule has 0 bridgehead atoms. The van der Waals surface area contributed by atoms with E-state index in [2.05, 4.69) is 5.32 Å². The molecule has 1 aliphatic carbocycles. The van der Waals surface area contributed by atoms with E-state index in [0.29, 0.717) is 30.7 Å². The number of anilines is 1. The van der Waals surface area contributed by atoms with E-state index in [9.17, 15) is 19.5 Å². The smallest absolute Gasteiger partial charge is 0.338 e. The minimum absolute atomic E-state index is 0.294. The highest BCUT2D eigenvalue weighted by Crippen LogP contribution is 2.35. The Morgan fingerprint density at radius 2 is 1.64 bits per heavy atom. The molecule has 134 valence electrons. The van der Waals surface area contributed by atoms with Crippen LogP contribution in [-0.4, -0.2) is 29.6 Å². The Hall–Kier alpha value is -2.63. The zero-order valence-corrected chi connectivity index (χ0v) is 14.7. The molecule has 1 amide bonds. The van der Waals surface area contributed by atoms with Crippen LogP contribution < -0.4 is 5.32 Å². The Kier molecular flexibility index (Phi) is 5.96. The molecular weight excluding hydrogens is 322 g/mol. The van der Waals surface area contributed by atoms with Crippen LogP contribution >= 0.6 is 0 Å². The molecule has 25 heavy (non-hydrogen) atoms. The van der Waals surface area contributed by atoms with Gasteiger partial charge in [-0.25, -0.2) is 4.79 Å². The highest BCUT2D eigenvalue weighted by Gasteiger charge is 2.37. The largest absolute Gasteiger partial charge is 0.481 e. The normalized spacial score (nSPS) is 20.1. The highest BCUT2D eigenvalue weighted by atomic mass is 16.5. The zero-order chi connectivity index (χ0) is 18.6. The molecule has 0 aromatic heterocycles. The predicted octanol–water partition coefficient (Wildman–Crippen LogP) is 3.25. The summed E-state index contributed by atoms with van der Waals surface area (Å²) in [5.74, 6) is -3.02. The summed E-state index contributed by atoms with van der Waals surface area (Å²) < 4.78 is 4.91. The third-order valence-corrected chi connectivity index (χ3v) is 4.58. The number of carbonyl (C=O) groups is 3. The second-order valence-electron chi connectivity index (χ2n) is 6.31. The number of rotatable bonds is 5. The number of benzene rings is 1. The van der Waals surface area contributed by atoms with E-state index in [1.165, 1.54) is 0 Å². The van der Waals surface area contributed by atoms with Crippen LogP contribution in [0.1, 0.15) is 44.0 Å². The average Bonchev–Trinajstić information content (AvgIpc) is 2.57. The van der Waals surface area contributed by atoms with Gasteiger partial charge < -0.3 is 15.2 Å². The number of nitrogens with one attached hydrogen (secondary N) is 1. The molecule has 6 nitrogen and oxygen atoms in total. The topological polar surface area (TPSA) is 92.7 Å². The molecule has 1 aliphatic rings. The van der Waals surface area contributed by atoms with Crippen LogP contribution in [0.15, 0.2) is 35.4 Å². The van der Waals surface area contributed by atoms with Crippen molar-refractivity contribution < 1.29 is 24.2 Å². The van der Waals surface area contributed by atoms with Crippen LogP contribution in [0, 0.1) is 11.8 Å². The lowest BCUT2D eigenvalue weighted by atomic mass is 9.76. The molecule has 2 N–H and O–H groups in total. The van der Waals surface area contributed by atoms with Crippen molar-refractivity contribution in [3.8, 4) is 0 Å². The quantitative estimate of drug-likeness (QED) is 0.631. The van der Waals surface area contributed by atoms with Crippen molar-refractivity contribution in [1.82, 2.24) is 0 Å². The van der Waals surface area contributed by atoms with Gasteiger partial charge in [0.1, 0.15) is 0 Å². The highest BCUT2D eigenvalue weighted by molar-refractivity contribution is 5.96. The van der Waals surface area contributed by atoms with Crippen molar-refractivity contribution in [3.63, 3.8) is 0 Å². The minimum atomic E-state index is -0.954. The van der Waals surface area contributed by atoms with Gasteiger partial charge in [0.05, 0.1) is 24.0 Å². The van der Waals surface area contributed by atoms with Gasteiger partial charge in [0.25, 0.3) is 0 Å². The van der Waals surface area contributed by atoms with E-state index in [1.54, 1.807) is 31.2 Å². The summed E-state index contributed by atoms with van der Waals surface area (Å²) in [6.07, 6.45) is 0.830. The maximum absolute atomic E-state index is 12.6. The van der Waals surface area contributed by atoms with Gasteiger partial charge >= 0.3 is 11.9 Å². The van der Waals surface area contributed by atoms with Crippen molar-refractivity contribution in [2.75, 3.05) is 11.9 Å². The van der Waals surface area contributed by atoms with Crippen LogP contribution in [-0.2, 0) is 14.3 Å². The van der Waals surface area contributed by atoms with E-state index < -0.39 is 23.8 Å². The maximum Gasteiger partial charge on any atom is 0.338 e. The minimum Gasteiger partial charge on any atom is -0.481 e. The number of carbonyl (C=O) groups excluding carboxylic acids is 2. The summed E-state index contributed by atoms with van der Waals surface area (Å²) >= 11 is 0. The maximum atomic E-state index is 12.6. The summed E-state index contributed by atoms with van der Waals surface area (Å²) in [5, 5.41) is 12.2. The Morgan fingerprint density at radius 3 is 2.16 bits per heavy atom. The van der Waals surface area contributed by atoms with Crippen LogP contribution in [0.3, 0.4) is 0 Å². The van der Waals surface area contributed by atoms with Gasteiger partial charge in [0.2, 0.25) is 5.91 Å². The SMILES string of the molecule is CCOC(=O)c1ccc(NC(=O)[C@@H]2CC(C)=C(C)C[C@H]2C(=O)O)cc1. The standard InChI is InChI=1S/C19H23NO5/c1-4-25-19(24)13-5-7-14(8-6-13)20-17(21)15-9-11(2)12(3)10-16(15)18(22)23/h5-8,15-16H,4,9-10H2,1-3H3,(H,20,21)(H,22,23)/t15-,16-/m1/s1. The predicted molar refractivity (Wildman–Crippen MR) is 93.3 cm³/mol. The van der Waals surface area contributed by atoms with Crippen molar-refractivity contribution in [3.05, 3.63) is 41.0 Å². The Morgan fingerprint density at radius 1 is 1.08 bits per heavy atom. The lowest BCUT2D eigenvalue weighted by Crippen LogP contribution is -2.36. The van der Waals surface area contributed by atoms with E-state index >= 15 is 0 Å². The second-order valence-corrected chi connectivity index (χ2v) is 6.31. The molecule has 1 aromatic rings. The average molecular weight is 345 g/mol. The number of esters is 1. The fourth-order valence-corrected chi connectivity index (χ4v) is 2.97. The van der Waals surface area contributed by atoms with Gasteiger partial charge in [0.15, 0.2) is 0 Å². The summed E-state index contributed by atoms with van der Waals surface area (Å²) in [6, 6.07) is 6.35. The molecular formula is C19H23NO5. The van der Waals surface area contributed by atoms with Crippen LogP contribution in [0.25, 0.3) is 0 Å². The first-order valence-electron chi connectivity index (χ1n) is 8.29. The molecule has 1 aromatic carbocycles. The molecule has 0 heterocycles. The number of amides is 1. The van der Waals surface area contributed by atoms with Crippen molar-refractivity contribution in [2.24, 2.45) is 11.8 Å². The third kappa shape index (κ3) is 4.47. The lowest BCUT2D eigenvalue weighted by molar-refractivity contribution is -0.146. The second kappa shape index (κ2) is 7.96. The molecule has 2 rings (SSSR count). The Balaban J connectivity index is 2.10. The van der Waals surface area contributed by atoms with Crippen LogP contribution in [0.4, 0.5) is 5.69 Å².